The van der Waals surface area contributed by atoms with Gasteiger partial charge in [-0.05, 0) is 42.7 Å². The molecule has 1 fully saturated rings. The van der Waals surface area contributed by atoms with Crippen LogP contribution in [0.2, 0.25) is 0 Å². The molecule has 2 nitrogen and oxygen atoms in total. The molecular weight excluding hydrogens is 232 g/mol. The molecule has 2 aromatic rings. The van der Waals surface area contributed by atoms with E-state index >= 15 is 0 Å². The van der Waals surface area contributed by atoms with Crippen molar-refractivity contribution in [2.45, 2.75) is 52.2 Å². The van der Waals surface area contributed by atoms with Gasteiger partial charge in [-0.25, -0.2) is 0 Å². The van der Waals surface area contributed by atoms with Gasteiger partial charge < -0.3 is 9.88 Å². The molecule has 0 amide bonds. The largest absolute Gasteiger partial charge is 0.343 e. The monoisotopic (exact) mass is 256 g/mol. The normalized spacial score (nSPS) is 15.5. The minimum atomic E-state index is 0.755. The number of aromatic nitrogens is 1. The molecule has 1 aromatic heterocycles. The molecule has 0 saturated heterocycles. The molecule has 0 unspecified atom stereocenters. The Morgan fingerprint density at radius 2 is 2.05 bits per heavy atom. The lowest BCUT2D eigenvalue weighted by atomic mass is 10.1. The zero-order valence-electron chi connectivity index (χ0n) is 12.0. The molecule has 0 aliphatic heterocycles. The smallest absolute Gasteiger partial charge is 0.0482 e. The van der Waals surface area contributed by atoms with Crippen molar-refractivity contribution in [1.29, 1.82) is 0 Å². The second-order valence-corrected chi connectivity index (χ2v) is 6.18. The molecule has 1 saturated carbocycles. The molecule has 19 heavy (non-hydrogen) atoms. The fraction of sp³-hybridized carbons (Fsp3) is 0.529. The maximum Gasteiger partial charge on any atom is 0.0482 e. The lowest BCUT2D eigenvalue weighted by Crippen LogP contribution is -2.18. The first-order valence-corrected chi connectivity index (χ1v) is 7.54. The van der Waals surface area contributed by atoms with Crippen molar-refractivity contribution < 1.29 is 0 Å². The summed E-state index contributed by atoms with van der Waals surface area (Å²) in [7, 11) is 0. The zero-order valence-corrected chi connectivity index (χ0v) is 12.0. The van der Waals surface area contributed by atoms with Gasteiger partial charge in [0, 0.05) is 30.3 Å². The lowest BCUT2D eigenvalue weighted by Gasteiger charge is -2.13. The second-order valence-electron chi connectivity index (χ2n) is 6.18. The van der Waals surface area contributed by atoms with Crippen molar-refractivity contribution in [2.24, 2.45) is 5.92 Å². The Hall–Kier alpha value is -1.28. The Morgan fingerprint density at radius 1 is 1.26 bits per heavy atom. The van der Waals surface area contributed by atoms with Crippen molar-refractivity contribution in [2.75, 3.05) is 0 Å². The Labute approximate surface area is 115 Å². The molecule has 1 aliphatic carbocycles. The number of hydrogen-bond acceptors (Lipinski definition) is 1. The molecule has 1 aliphatic rings. The van der Waals surface area contributed by atoms with Crippen LogP contribution in [0.15, 0.2) is 30.3 Å². The minimum Gasteiger partial charge on any atom is -0.343 e. The maximum atomic E-state index is 3.64. The highest BCUT2D eigenvalue weighted by Crippen LogP contribution is 2.23. The van der Waals surface area contributed by atoms with Crippen LogP contribution in [0.4, 0.5) is 0 Å². The molecular formula is C17H24N2. The minimum absolute atomic E-state index is 0.755. The predicted octanol–water partition coefficient (Wildman–Crippen LogP) is 3.94. The average Bonchev–Trinajstić information content (AvgIpc) is 3.15. The van der Waals surface area contributed by atoms with Gasteiger partial charge >= 0.3 is 0 Å². The molecule has 3 rings (SSSR count). The maximum absolute atomic E-state index is 3.64. The first-order chi connectivity index (χ1) is 9.24. The summed E-state index contributed by atoms with van der Waals surface area (Å²) in [5, 5.41) is 5.01. The van der Waals surface area contributed by atoms with E-state index in [0.717, 1.165) is 25.0 Å². The first-order valence-electron chi connectivity index (χ1n) is 7.54. The van der Waals surface area contributed by atoms with Crippen molar-refractivity contribution in [3.05, 3.63) is 36.0 Å². The molecule has 0 radical (unpaired) electrons. The van der Waals surface area contributed by atoms with Crippen LogP contribution in [0.3, 0.4) is 0 Å². The van der Waals surface area contributed by atoms with E-state index in [1.165, 1.54) is 35.9 Å². The summed E-state index contributed by atoms with van der Waals surface area (Å²) < 4.78 is 2.50. The van der Waals surface area contributed by atoms with Crippen LogP contribution in [-0.2, 0) is 13.1 Å². The molecule has 1 N–H and O–H groups in total. The number of hydrogen-bond donors (Lipinski definition) is 1. The van der Waals surface area contributed by atoms with E-state index in [0.29, 0.717) is 0 Å². The summed E-state index contributed by atoms with van der Waals surface area (Å²) in [6.45, 7) is 6.74. The lowest BCUT2D eigenvalue weighted by molar-refractivity contribution is 0.508. The molecule has 2 heteroatoms. The first kappa shape index (κ1) is 12.7. The van der Waals surface area contributed by atoms with Gasteiger partial charge in [-0.2, -0.15) is 0 Å². The second kappa shape index (κ2) is 5.38. The van der Waals surface area contributed by atoms with Crippen molar-refractivity contribution in [3.8, 4) is 0 Å². The van der Waals surface area contributed by atoms with Gasteiger partial charge in [0.2, 0.25) is 0 Å². The van der Waals surface area contributed by atoms with E-state index in [4.69, 9.17) is 0 Å². The van der Waals surface area contributed by atoms with Gasteiger partial charge in [0.15, 0.2) is 0 Å². The number of nitrogens with one attached hydrogen (secondary N) is 1. The standard InChI is InChI=1S/C17H24N2/c1-13(2)9-10-19-16(12-18-15-7-8-15)11-14-5-3-4-6-17(14)19/h3-6,11,13,15,18H,7-10,12H2,1-2H3. The summed E-state index contributed by atoms with van der Waals surface area (Å²) in [4.78, 5) is 0. The molecule has 102 valence electrons. The van der Waals surface area contributed by atoms with Crippen LogP contribution in [0.1, 0.15) is 38.8 Å². The van der Waals surface area contributed by atoms with Crippen molar-refractivity contribution in [1.82, 2.24) is 9.88 Å². The number of para-hydroxylation sites is 1. The predicted molar refractivity (Wildman–Crippen MR) is 81.3 cm³/mol. The van der Waals surface area contributed by atoms with E-state index in [1.807, 2.05) is 0 Å². The van der Waals surface area contributed by atoms with Crippen LogP contribution >= 0.6 is 0 Å². The Bertz CT molecular complexity index is 549. The average molecular weight is 256 g/mol. The molecule has 1 aromatic carbocycles. The summed E-state index contributed by atoms with van der Waals surface area (Å²) in [5.74, 6) is 0.755. The van der Waals surface area contributed by atoms with Gasteiger partial charge in [0.25, 0.3) is 0 Å². The van der Waals surface area contributed by atoms with Crippen molar-refractivity contribution in [3.63, 3.8) is 0 Å². The summed E-state index contributed by atoms with van der Waals surface area (Å²) in [5.41, 5.74) is 2.82. The van der Waals surface area contributed by atoms with E-state index in [1.54, 1.807) is 0 Å². The van der Waals surface area contributed by atoms with Crippen LogP contribution in [0, 0.1) is 5.92 Å². The number of rotatable bonds is 6. The van der Waals surface area contributed by atoms with Crippen LogP contribution in [0.25, 0.3) is 10.9 Å². The topological polar surface area (TPSA) is 17.0 Å². The number of benzene rings is 1. The number of aryl methyl sites for hydroxylation is 1. The van der Waals surface area contributed by atoms with Crippen LogP contribution < -0.4 is 5.32 Å². The molecule has 0 bridgehead atoms. The number of nitrogens with zero attached hydrogens (tertiary/aromatic N) is 1. The van der Waals surface area contributed by atoms with E-state index in [-0.39, 0.29) is 0 Å². The Kier molecular flexibility index (Phi) is 3.61. The Morgan fingerprint density at radius 3 is 2.79 bits per heavy atom. The molecule has 1 heterocycles. The third-order valence-electron chi connectivity index (χ3n) is 3.98. The summed E-state index contributed by atoms with van der Waals surface area (Å²) in [6.07, 6.45) is 3.95. The fourth-order valence-corrected chi connectivity index (χ4v) is 2.60. The van der Waals surface area contributed by atoms with Gasteiger partial charge in [-0.3, -0.25) is 0 Å². The van der Waals surface area contributed by atoms with Gasteiger partial charge in [0.1, 0.15) is 0 Å². The van der Waals surface area contributed by atoms with Crippen molar-refractivity contribution >= 4 is 10.9 Å². The van der Waals surface area contributed by atoms with Gasteiger partial charge in [0.05, 0.1) is 0 Å². The highest BCUT2D eigenvalue weighted by Gasteiger charge is 2.21. The van der Waals surface area contributed by atoms with E-state index < -0.39 is 0 Å². The summed E-state index contributed by atoms with van der Waals surface area (Å²) in [6, 6.07) is 11.9. The highest BCUT2D eigenvalue weighted by molar-refractivity contribution is 5.81. The van der Waals surface area contributed by atoms with Crippen LogP contribution in [0.5, 0.6) is 0 Å². The summed E-state index contributed by atoms with van der Waals surface area (Å²) >= 11 is 0. The van der Waals surface area contributed by atoms with E-state index in [2.05, 4.69) is 54.1 Å². The highest BCUT2D eigenvalue weighted by atomic mass is 15.0. The van der Waals surface area contributed by atoms with Crippen LogP contribution in [-0.4, -0.2) is 10.6 Å². The quantitative estimate of drug-likeness (QED) is 0.828. The Balaban J connectivity index is 1.86. The SMILES string of the molecule is CC(C)CCn1c(CNC2CC2)cc2ccccc21. The zero-order chi connectivity index (χ0) is 13.2. The third kappa shape index (κ3) is 3.01. The third-order valence-corrected chi connectivity index (χ3v) is 3.98. The molecule has 0 spiro atoms. The van der Waals surface area contributed by atoms with Gasteiger partial charge in [-0.15, -0.1) is 0 Å². The number of fused-ring (bicyclic) bond motifs is 1. The van der Waals surface area contributed by atoms with E-state index in [9.17, 15) is 0 Å². The fourth-order valence-electron chi connectivity index (χ4n) is 2.60. The van der Waals surface area contributed by atoms with Gasteiger partial charge in [-0.1, -0.05) is 32.0 Å². The molecule has 0 atom stereocenters.